The van der Waals surface area contributed by atoms with E-state index < -0.39 is 17.1 Å². The van der Waals surface area contributed by atoms with Crippen LogP contribution in [0, 0.1) is 0 Å². The fraction of sp³-hybridized carbons (Fsp3) is 0.529. The Morgan fingerprint density at radius 2 is 2.04 bits per heavy atom. The van der Waals surface area contributed by atoms with Gasteiger partial charge in [0.25, 0.3) is 5.56 Å². The summed E-state index contributed by atoms with van der Waals surface area (Å²) in [6, 6.07) is 0. The number of rotatable bonds is 10. The van der Waals surface area contributed by atoms with E-state index in [1.807, 2.05) is 0 Å². The Balaban J connectivity index is 3.01. The van der Waals surface area contributed by atoms with E-state index in [2.05, 4.69) is 29.0 Å². The zero-order valence-corrected chi connectivity index (χ0v) is 14.8. The summed E-state index contributed by atoms with van der Waals surface area (Å²) in [4.78, 5) is 37.8. The van der Waals surface area contributed by atoms with E-state index in [9.17, 15) is 19.5 Å². The molecule has 0 saturated carbocycles. The van der Waals surface area contributed by atoms with Gasteiger partial charge >= 0.3 is 5.69 Å². The van der Waals surface area contributed by atoms with Crippen molar-refractivity contribution < 1.29 is 9.90 Å². The molecule has 0 saturated heterocycles. The first-order chi connectivity index (χ1) is 12.0. The minimum Gasteiger partial charge on any atom is -0.494 e. The van der Waals surface area contributed by atoms with Gasteiger partial charge in [-0.05, 0) is 12.8 Å². The van der Waals surface area contributed by atoms with Gasteiger partial charge in [-0.1, -0.05) is 39.2 Å². The number of allylic oxidation sites excluding steroid dienone is 1. The van der Waals surface area contributed by atoms with Gasteiger partial charge in [-0.15, -0.1) is 6.58 Å². The van der Waals surface area contributed by atoms with Gasteiger partial charge in [0, 0.05) is 13.0 Å². The monoisotopic (exact) mass is 350 g/mol. The minimum atomic E-state index is -0.749. The second-order valence-electron chi connectivity index (χ2n) is 5.61. The summed E-state index contributed by atoms with van der Waals surface area (Å²) in [5.74, 6) is -0.746. The summed E-state index contributed by atoms with van der Waals surface area (Å²) in [7, 11) is 0. The normalized spacial score (nSPS) is 11.4. The summed E-state index contributed by atoms with van der Waals surface area (Å²) in [6.45, 7) is 7.36. The molecule has 1 aromatic rings. The van der Waals surface area contributed by atoms with E-state index in [1.54, 1.807) is 6.92 Å². The number of H-pyrrole nitrogens is 1. The number of unbranched alkanes of at least 4 members (excludes halogenated alkanes) is 3. The van der Waals surface area contributed by atoms with E-state index in [4.69, 9.17) is 0 Å². The highest BCUT2D eigenvalue weighted by Gasteiger charge is 2.18. The lowest BCUT2D eigenvalue weighted by Crippen LogP contribution is -2.34. The zero-order chi connectivity index (χ0) is 18.8. The van der Waals surface area contributed by atoms with Gasteiger partial charge in [-0.25, -0.2) is 10.2 Å². The highest BCUT2D eigenvalue weighted by atomic mass is 16.3. The number of amides is 1. The number of carbonyl (C=O) groups is 1. The molecule has 1 rings (SSSR count). The van der Waals surface area contributed by atoms with Gasteiger partial charge in [-0.3, -0.25) is 19.1 Å². The van der Waals surface area contributed by atoms with E-state index in [1.165, 1.54) is 6.08 Å². The molecule has 1 heterocycles. The molecule has 0 aromatic carbocycles. The van der Waals surface area contributed by atoms with Crippen LogP contribution in [0.2, 0.25) is 0 Å². The van der Waals surface area contributed by atoms with Crippen molar-refractivity contribution in [3.63, 3.8) is 0 Å². The maximum atomic E-state index is 12.1. The Bertz CT molecular complexity index is 746. The van der Waals surface area contributed by atoms with Crippen molar-refractivity contribution in [1.29, 1.82) is 0 Å². The Morgan fingerprint density at radius 3 is 2.64 bits per heavy atom. The number of hydrazone groups is 1. The van der Waals surface area contributed by atoms with Crippen molar-refractivity contribution in [1.82, 2.24) is 15.0 Å². The third kappa shape index (κ3) is 5.74. The summed E-state index contributed by atoms with van der Waals surface area (Å²) in [6.07, 6.45) is 5.96. The highest BCUT2D eigenvalue weighted by Crippen LogP contribution is 2.13. The summed E-state index contributed by atoms with van der Waals surface area (Å²) in [5, 5.41) is 14.2. The first kappa shape index (κ1) is 20.4. The topological polar surface area (TPSA) is 117 Å². The summed E-state index contributed by atoms with van der Waals surface area (Å²) in [5.41, 5.74) is 0.987. The van der Waals surface area contributed by atoms with Crippen molar-refractivity contribution in [3.8, 4) is 5.88 Å². The molecule has 0 unspecified atom stereocenters. The summed E-state index contributed by atoms with van der Waals surface area (Å²) >= 11 is 0. The lowest BCUT2D eigenvalue weighted by Gasteiger charge is -2.10. The standard InChI is InChI=1S/C17H26N4O4/c1-4-7-8-9-10-13(22)20-19-12(6-3)14-15(23)18-17(25)21(11-5-2)16(14)24/h5,24H,2,4,6-11H2,1,3H3,(H,20,22)(H,18,23,25). The van der Waals surface area contributed by atoms with Crippen LogP contribution in [0.15, 0.2) is 27.3 Å². The molecule has 138 valence electrons. The quantitative estimate of drug-likeness (QED) is 0.257. The SMILES string of the molecule is C=CCn1c(O)c(C(CC)=NNC(=O)CCCCCC)c(=O)[nH]c1=O. The van der Waals surface area contributed by atoms with Crippen LogP contribution in [-0.2, 0) is 11.3 Å². The van der Waals surface area contributed by atoms with Crippen LogP contribution >= 0.6 is 0 Å². The molecule has 0 aliphatic heterocycles. The zero-order valence-electron chi connectivity index (χ0n) is 14.8. The number of hydrogen-bond acceptors (Lipinski definition) is 5. The van der Waals surface area contributed by atoms with Gasteiger partial charge in [0.05, 0.1) is 5.71 Å². The van der Waals surface area contributed by atoms with Crippen LogP contribution in [0.4, 0.5) is 0 Å². The second kappa shape index (κ2) is 10.3. The van der Waals surface area contributed by atoms with Crippen molar-refractivity contribution in [2.24, 2.45) is 5.10 Å². The van der Waals surface area contributed by atoms with Gasteiger partial charge in [0.1, 0.15) is 5.56 Å². The van der Waals surface area contributed by atoms with Gasteiger partial charge in [-0.2, -0.15) is 5.10 Å². The van der Waals surface area contributed by atoms with Gasteiger partial charge < -0.3 is 5.11 Å². The number of hydrogen-bond donors (Lipinski definition) is 3. The molecular formula is C17H26N4O4. The first-order valence-electron chi connectivity index (χ1n) is 8.48. The minimum absolute atomic E-state index is 0.0369. The average Bonchev–Trinajstić information content (AvgIpc) is 2.58. The molecule has 8 nitrogen and oxygen atoms in total. The Labute approximate surface area is 146 Å². The van der Waals surface area contributed by atoms with Crippen LogP contribution < -0.4 is 16.7 Å². The van der Waals surface area contributed by atoms with Crippen LogP contribution in [0.5, 0.6) is 5.88 Å². The van der Waals surface area contributed by atoms with Crippen LogP contribution in [0.25, 0.3) is 0 Å². The Hall–Kier alpha value is -2.64. The number of nitrogens with one attached hydrogen (secondary N) is 2. The molecule has 0 aliphatic rings. The third-order valence-electron chi connectivity index (χ3n) is 3.68. The maximum Gasteiger partial charge on any atom is 0.331 e. The van der Waals surface area contributed by atoms with E-state index in [0.29, 0.717) is 12.8 Å². The smallest absolute Gasteiger partial charge is 0.331 e. The van der Waals surface area contributed by atoms with Crippen molar-refractivity contribution in [2.75, 3.05) is 0 Å². The fourth-order valence-corrected chi connectivity index (χ4v) is 2.33. The van der Waals surface area contributed by atoms with Gasteiger partial charge in [0.15, 0.2) is 0 Å². The molecule has 0 aliphatic carbocycles. The molecule has 8 heteroatoms. The van der Waals surface area contributed by atoms with E-state index in [-0.39, 0.29) is 23.7 Å². The Kier molecular flexibility index (Phi) is 8.38. The second-order valence-corrected chi connectivity index (χ2v) is 5.61. The molecular weight excluding hydrogens is 324 g/mol. The third-order valence-corrected chi connectivity index (χ3v) is 3.68. The maximum absolute atomic E-state index is 12.1. The van der Waals surface area contributed by atoms with Crippen LogP contribution in [-0.4, -0.2) is 26.3 Å². The first-order valence-corrected chi connectivity index (χ1v) is 8.48. The van der Waals surface area contributed by atoms with E-state index >= 15 is 0 Å². The molecule has 25 heavy (non-hydrogen) atoms. The number of aromatic amines is 1. The summed E-state index contributed by atoms with van der Waals surface area (Å²) < 4.78 is 0.974. The Morgan fingerprint density at radius 1 is 1.32 bits per heavy atom. The number of nitrogens with zero attached hydrogens (tertiary/aromatic N) is 2. The number of aromatic nitrogens is 2. The predicted octanol–water partition coefficient (Wildman–Crippen LogP) is 1.63. The molecule has 0 bridgehead atoms. The molecule has 0 radical (unpaired) electrons. The molecule has 3 N–H and O–H groups in total. The van der Waals surface area contributed by atoms with Crippen LogP contribution in [0.3, 0.4) is 0 Å². The molecule has 0 atom stereocenters. The lowest BCUT2D eigenvalue weighted by atomic mass is 10.1. The number of aromatic hydroxyl groups is 1. The molecule has 1 amide bonds. The van der Waals surface area contributed by atoms with Crippen molar-refractivity contribution in [2.45, 2.75) is 58.9 Å². The molecule has 0 fully saturated rings. The molecule has 1 aromatic heterocycles. The van der Waals surface area contributed by atoms with Crippen molar-refractivity contribution >= 4 is 11.6 Å². The number of carbonyl (C=O) groups excluding carboxylic acids is 1. The highest BCUT2D eigenvalue weighted by molar-refractivity contribution is 6.02. The predicted molar refractivity (Wildman–Crippen MR) is 96.9 cm³/mol. The molecule has 0 spiro atoms. The lowest BCUT2D eigenvalue weighted by molar-refractivity contribution is -0.121. The fourth-order valence-electron chi connectivity index (χ4n) is 2.33. The van der Waals surface area contributed by atoms with Crippen molar-refractivity contribution in [3.05, 3.63) is 39.1 Å². The largest absolute Gasteiger partial charge is 0.494 e. The van der Waals surface area contributed by atoms with E-state index in [0.717, 1.165) is 30.3 Å². The van der Waals surface area contributed by atoms with Crippen LogP contribution in [0.1, 0.15) is 57.9 Å². The average molecular weight is 350 g/mol. The van der Waals surface area contributed by atoms with Gasteiger partial charge in [0.2, 0.25) is 11.8 Å².